The number of nitrogens with zero attached hydrogens (tertiary/aromatic N) is 2. The third kappa shape index (κ3) is 4.45. The molecule has 1 unspecified atom stereocenters. The Labute approximate surface area is 198 Å². The van der Waals surface area contributed by atoms with E-state index in [0.29, 0.717) is 17.1 Å². The van der Waals surface area contributed by atoms with Crippen LogP contribution in [0.25, 0.3) is 0 Å². The van der Waals surface area contributed by atoms with Gasteiger partial charge in [0, 0.05) is 17.5 Å². The lowest BCUT2D eigenvalue weighted by Gasteiger charge is -2.38. The lowest BCUT2D eigenvalue weighted by molar-refractivity contribution is -0.134. The van der Waals surface area contributed by atoms with Crippen LogP contribution in [0.1, 0.15) is 51.8 Å². The van der Waals surface area contributed by atoms with E-state index in [0.717, 1.165) is 12.0 Å². The number of amides is 2. The smallest absolute Gasteiger partial charge is 0.256 e. The summed E-state index contributed by atoms with van der Waals surface area (Å²) in [5.41, 5.74) is 3.89. The molecular weight excluding hydrogens is 440 g/mol. The lowest BCUT2D eigenvalue weighted by atomic mass is 9.92. The summed E-state index contributed by atoms with van der Waals surface area (Å²) in [7, 11) is 0. The van der Waals surface area contributed by atoms with E-state index in [9.17, 15) is 9.59 Å². The average Bonchev–Trinajstić information content (AvgIpc) is 3.26. The molecule has 1 aromatic heterocycles. The molecule has 4 rings (SSSR count). The van der Waals surface area contributed by atoms with E-state index in [1.54, 1.807) is 40.5 Å². The van der Waals surface area contributed by atoms with Crippen molar-refractivity contribution in [3.63, 3.8) is 0 Å². The van der Waals surface area contributed by atoms with E-state index in [1.807, 2.05) is 18.7 Å². The first-order chi connectivity index (χ1) is 15.4. The molecule has 0 bridgehead atoms. The molecule has 1 atom stereocenters. The average molecular weight is 467 g/mol. The number of carbonyl (C=O) groups excluding carboxylic acids is 2. The summed E-state index contributed by atoms with van der Waals surface area (Å²) < 4.78 is 0. The van der Waals surface area contributed by atoms with Crippen LogP contribution in [0.3, 0.4) is 0 Å². The van der Waals surface area contributed by atoms with Crippen LogP contribution in [-0.2, 0) is 11.2 Å². The second-order valence-corrected chi connectivity index (χ2v) is 9.86. The molecule has 2 amide bonds. The fraction of sp³-hybridized carbons (Fsp3) is 0.308. The number of fused-ring (bicyclic) bond motifs is 1. The fourth-order valence-electron chi connectivity index (χ4n) is 4.21. The van der Waals surface area contributed by atoms with E-state index in [4.69, 9.17) is 11.6 Å². The normalized spacial score (nSPS) is 15.5. The molecule has 0 aliphatic carbocycles. The number of hydrogen-bond donors (Lipinski definition) is 0. The zero-order valence-electron chi connectivity index (χ0n) is 18.5. The number of thiophene rings is 1. The molecule has 1 aliphatic heterocycles. The third-order valence-corrected chi connectivity index (χ3v) is 7.30. The molecule has 2 aromatic carbocycles. The van der Waals surface area contributed by atoms with Crippen molar-refractivity contribution in [1.82, 2.24) is 9.80 Å². The van der Waals surface area contributed by atoms with Crippen LogP contribution >= 0.6 is 22.9 Å². The van der Waals surface area contributed by atoms with Crippen molar-refractivity contribution in [2.45, 2.75) is 39.3 Å². The van der Waals surface area contributed by atoms with E-state index in [-0.39, 0.29) is 30.4 Å². The summed E-state index contributed by atoms with van der Waals surface area (Å²) in [6.45, 7) is 6.56. The number of hydrogen-bond acceptors (Lipinski definition) is 3. The first-order valence-electron chi connectivity index (χ1n) is 10.8. The van der Waals surface area contributed by atoms with E-state index < -0.39 is 0 Å². The van der Waals surface area contributed by atoms with Gasteiger partial charge in [-0.2, -0.15) is 0 Å². The number of halogens is 1. The van der Waals surface area contributed by atoms with E-state index in [2.05, 4.69) is 42.6 Å². The van der Waals surface area contributed by atoms with Gasteiger partial charge in [-0.15, -0.1) is 11.3 Å². The summed E-state index contributed by atoms with van der Waals surface area (Å²) >= 11 is 8.02. The van der Waals surface area contributed by atoms with Crippen molar-refractivity contribution in [2.75, 3.05) is 13.1 Å². The van der Waals surface area contributed by atoms with Crippen molar-refractivity contribution in [3.8, 4) is 0 Å². The van der Waals surface area contributed by atoms with Gasteiger partial charge in [0.1, 0.15) is 6.54 Å². The van der Waals surface area contributed by atoms with Crippen LogP contribution in [0.5, 0.6) is 0 Å². The van der Waals surface area contributed by atoms with Gasteiger partial charge in [0.25, 0.3) is 5.91 Å². The van der Waals surface area contributed by atoms with Crippen molar-refractivity contribution in [1.29, 1.82) is 0 Å². The summed E-state index contributed by atoms with van der Waals surface area (Å²) in [4.78, 5) is 31.7. The Hall–Kier alpha value is -2.63. The maximum Gasteiger partial charge on any atom is 0.256 e. The van der Waals surface area contributed by atoms with Gasteiger partial charge in [-0.25, -0.2) is 0 Å². The molecular formula is C26H27ClN2O2S. The Morgan fingerprint density at radius 1 is 1.12 bits per heavy atom. The highest BCUT2D eigenvalue weighted by Gasteiger charge is 2.34. The highest BCUT2D eigenvalue weighted by molar-refractivity contribution is 7.10. The van der Waals surface area contributed by atoms with Gasteiger partial charge < -0.3 is 9.80 Å². The molecule has 3 aromatic rings. The first kappa shape index (κ1) is 22.6. The maximum atomic E-state index is 13.6. The largest absolute Gasteiger partial charge is 0.330 e. The lowest BCUT2D eigenvalue weighted by Crippen LogP contribution is -2.48. The number of rotatable bonds is 5. The minimum atomic E-state index is -0.223. The molecule has 0 N–H and O–H groups in total. The van der Waals surface area contributed by atoms with Gasteiger partial charge >= 0.3 is 0 Å². The molecule has 0 radical (unpaired) electrons. The standard InChI is InChI=1S/C26H27ClN2O2S/c1-17(2)29(26(31)20-6-4-5-7-22(20)27)16-24(30)28-14-12-23-21(13-15-32-23)25(28)19-10-8-18(3)9-11-19/h4-11,13,15,17,25H,12,14,16H2,1-3H3. The molecule has 0 saturated heterocycles. The van der Waals surface area contributed by atoms with Crippen LogP contribution in [0.2, 0.25) is 5.02 Å². The number of aryl methyl sites for hydroxylation is 1. The van der Waals surface area contributed by atoms with Crippen molar-refractivity contribution in [2.24, 2.45) is 0 Å². The first-order valence-corrected chi connectivity index (χ1v) is 12.1. The predicted octanol–water partition coefficient (Wildman–Crippen LogP) is 5.73. The van der Waals surface area contributed by atoms with Crippen LogP contribution in [0.4, 0.5) is 0 Å². The molecule has 4 nitrogen and oxygen atoms in total. The van der Waals surface area contributed by atoms with E-state index >= 15 is 0 Å². The summed E-state index contributed by atoms with van der Waals surface area (Å²) in [6, 6.07) is 17.2. The topological polar surface area (TPSA) is 40.6 Å². The molecule has 166 valence electrons. The van der Waals surface area contributed by atoms with Gasteiger partial charge in [-0.3, -0.25) is 9.59 Å². The molecule has 6 heteroatoms. The molecule has 32 heavy (non-hydrogen) atoms. The second kappa shape index (κ2) is 9.47. The van der Waals surface area contributed by atoms with Gasteiger partial charge in [0.05, 0.1) is 16.6 Å². The van der Waals surface area contributed by atoms with Gasteiger partial charge in [0.15, 0.2) is 0 Å². The van der Waals surface area contributed by atoms with Crippen LogP contribution in [-0.4, -0.2) is 40.7 Å². The van der Waals surface area contributed by atoms with Crippen LogP contribution in [0.15, 0.2) is 60.0 Å². The number of benzene rings is 2. The van der Waals surface area contributed by atoms with Crippen molar-refractivity contribution in [3.05, 3.63) is 92.1 Å². The summed E-state index contributed by atoms with van der Waals surface area (Å²) in [6.07, 6.45) is 0.835. The van der Waals surface area contributed by atoms with Crippen LogP contribution in [0, 0.1) is 6.92 Å². The van der Waals surface area contributed by atoms with E-state index in [1.165, 1.54) is 16.0 Å². The summed E-state index contributed by atoms with van der Waals surface area (Å²) in [5.74, 6) is -0.277. The van der Waals surface area contributed by atoms with Crippen molar-refractivity contribution < 1.29 is 9.59 Å². The monoisotopic (exact) mass is 466 g/mol. The Balaban J connectivity index is 1.63. The molecule has 1 aliphatic rings. The quantitative estimate of drug-likeness (QED) is 0.481. The van der Waals surface area contributed by atoms with Crippen LogP contribution < -0.4 is 0 Å². The molecule has 0 spiro atoms. The Bertz CT molecular complexity index is 1120. The molecule has 2 heterocycles. The SMILES string of the molecule is Cc1ccc(C2c3ccsc3CCN2C(=O)CN(C(=O)c2ccccc2Cl)C(C)C)cc1. The number of carbonyl (C=O) groups is 2. The Morgan fingerprint density at radius 3 is 2.53 bits per heavy atom. The minimum Gasteiger partial charge on any atom is -0.330 e. The Morgan fingerprint density at radius 2 is 1.84 bits per heavy atom. The minimum absolute atomic E-state index is 0.0174. The maximum absolute atomic E-state index is 13.6. The van der Waals surface area contributed by atoms with Gasteiger partial charge in [0.2, 0.25) is 5.91 Å². The third-order valence-electron chi connectivity index (χ3n) is 5.97. The predicted molar refractivity (Wildman–Crippen MR) is 130 cm³/mol. The fourth-order valence-corrected chi connectivity index (χ4v) is 5.33. The summed E-state index contributed by atoms with van der Waals surface area (Å²) in [5, 5.41) is 2.50. The highest BCUT2D eigenvalue weighted by atomic mass is 35.5. The molecule has 0 fully saturated rings. The zero-order valence-corrected chi connectivity index (χ0v) is 20.1. The van der Waals surface area contributed by atoms with Gasteiger partial charge in [-0.1, -0.05) is 53.6 Å². The Kier molecular flexibility index (Phi) is 6.68. The van der Waals surface area contributed by atoms with Gasteiger partial charge in [-0.05, 0) is 61.9 Å². The highest BCUT2D eigenvalue weighted by Crippen LogP contribution is 2.38. The zero-order chi connectivity index (χ0) is 22.8. The van der Waals surface area contributed by atoms with Crippen molar-refractivity contribution >= 4 is 34.8 Å². The second-order valence-electron chi connectivity index (χ2n) is 8.46. The molecule has 0 saturated carbocycles.